The van der Waals surface area contributed by atoms with Gasteiger partial charge in [-0.1, -0.05) is 23.5 Å². The lowest BCUT2D eigenvalue weighted by atomic mass is 10.3. The van der Waals surface area contributed by atoms with E-state index < -0.39 is 0 Å². The molecule has 1 aromatic carbocycles. The number of aromatic nitrogens is 3. The summed E-state index contributed by atoms with van der Waals surface area (Å²) in [4.78, 5) is 12.8. The van der Waals surface area contributed by atoms with Crippen LogP contribution in [-0.4, -0.2) is 15.0 Å². The van der Waals surface area contributed by atoms with Crippen LogP contribution in [0.25, 0.3) is 10.2 Å². The van der Waals surface area contributed by atoms with Gasteiger partial charge in [-0.3, -0.25) is 0 Å². The van der Waals surface area contributed by atoms with Crippen LogP contribution in [0.1, 0.15) is 5.82 Å². The molecule has 0 aliphatic heterocycles. The second kappa shape index (κ2) is 4.47. The van der Waals surface area contributed by atoms with Gasteiger partial charge in [0.2, 0.25) is 0 Å². The van der Waals surface area contributed by atoms with Gasteiger partial charge in [0.05, 0.1) is 16.8 Å². The minimum absolute atomic E-state index is 0.598. The SMILES string of the molecule is c1cnc(CNc2nc3ccccc3s2)nc1. The number of hydrogen-bond donors (Lipinski definition) is 1. The molecule has 0 unspecified atom stereocenters. The van der Waals surface area contributed by atoms with E-state index in [-0.39, 0.29) is 0 Å². The van der Waals surface area contributed by atoms with Crippen LogP contribution in [0, 0.1) is 0 Å². The Morgan fingerprint density at radius 3 is 2.71 bits per heavy atom. The first-order chi connectivity index (χ1) is 8.42. The number of para-hydroxylation sites is 1. The van der Waals surface area contributed by atoms with Crippen LogP contribution < -0.4 is 5.32 Å². The van der Waals surface area contributed by atoms with Crippen molar-refractivity contribution in [3.63, 3.8) is 0 Å². The van der Waals surface area contributed by atoms with Crippen molar-refractivity contribution in [2.45, 2.75) is 6.54 Å². The van der Waals surface area contributed by atoms with Crippen LogP contribution in [0.3, 0.4) is 0 Å². The van der Waals surface area contributed by atoms with E-state index in [1.807, 2.05) is 18.2 Å². The second-order valence-corrected chi connectivity index (χ2v) is 4.54. The van der Waals surface area contributed by atoms with Crippen molar-refractivity contribution in [3.8, 4) is 0 Å². The summed E-state index contributed by atoms with van der Waals surface area (Å²) in [6.45, 7) is 0.598. The molecule has 4 nitrogen and oxygen atoms in total. The number of nitrogens with zero attached hydrogens (tertiary/aromatic N) is 3. The lowest BCUT2D eigenvalue weighted by Gasteiger charge is -1.99. The van der Waals surface area contributed by atoms with E-state index in [9.17, 15) is 0 Å². The van der Waals surface area contributed by atoms with Crippen LogP contribution in [0.4, 0.5) is 5.13 Å². The maximum absolute atomic E-state index is 4.48. The third-order valence-electron chi connectivity index (χ3n) is 2.31. The number of nitrogens with one attached hydrogen (secondary N) is 1. The van der Waals surface area contributed by atoms with Gasteiger partial charge in [0.1, 0.15) is 5.82 Å². The average molecular weight is 242 g/mol. The van der Waals surface area contributed by atoms with Crippen LogP contribution in [0.2, 0.25) is 0 Å². The summed E-state index contributed by atoms with van der Waals surface area (Å²) in [5, 5.41) is 4.13. The van der Waals surface area contributed by atoms with Crippen molar-refractivity contribution in [1.82, 2.24) is 15.0 Å². The average Bonchev–Trinajstić information content (AvgIpc) is 2.80. The summed E-state index contributed by atoms with van der Waals surface area (Å²) < 4.78 is 1.18. The highest BCUT2D eigenvalue weighted by Gasteiger charge is 2.02. The van der Waals surface area contributed by atoms with E-state index in [0.717, 1.165) is 16.5 Å². The van der Waals surface area contributed by atoms with Crippen LogP contribution >= 0.6 is 11.3 Å². The Labute approximate surface area is 102 Å². The highest BCUT2D eigenvalue weighted by Crippen LogP contribution is 2.25. The first-order valence-electron chi connectivity index (χ1n) is 5.27. The van der Waals surface area contributed by atoms with Crippen molar-refractivity contribution in [2.24, 2.45) is 0 Å². The van der Waals surface area contributed by atoms with E-state index in [0.29, 0.717) is 6.54 Å². The Kier molecular flexibility index (Phi) is 2.67. The van der Waals surface area contributed by atoms with Gasteiger partial charge in [-0.15, -0.1) is 0 Å². The number of anilines is 1. The van der Waals surface area contributed by atoms with Crippen molar-refractivity contribution in [3.05, 3.63) is 48.5 Å². The molecule has 0 aliphatic rings. The molecule has 17 heavy (non-hydrogen) atoms. The highest BCUT2D eigenvalue weighted by atomic mass is 32.1. The Morgan fingerprint density at radius 2 is 1.88 bits per heavy atom. The maximum Gasteiger partial charge on any atom is 0.184 e. The zero-order chi connectivity index (χ0) is 11.5. The molecule has 0 aliphatic carbocycles. The molecule has 0 radical (unpaired) electrons. The molecule has 84 valence electrons. The number of thiazole rings is 1. The lowest BCUT2D eigenvalue weighted by molar-refractivity contribution is 0.947. The molecule has 0 saturated carbocycles. The normalized spacial score (nSPS) is 10.6. The van der Waals surface area contributed by atoms with Gasteiger partial charge in [0.15, 0.2) is 5.13 Å². The third-order valence-corrected chi connectivity index (χ3v) is 3.30. The third kappa shape index (κ3) is 2.24. The number of benzene rings is 1. The number of rotatable bonds is 3. The van der Waals surface area contributed by atoms with Gasteiger partial charge in [0, 0.05) is 12.4 Å². The van der Waals surface area contributed by atoms with Crippen molar-refractivity contribution >= 4 is 26.7 Å². The lowest BCUT2D eigenvalue weighted by Crippen LogP contribution is -2.02. The van der Waals surface area contributed by atoms with Gasteiger partial charge < -0.3 is 5.32 Å². The summed E-state index contributed by atoms with van der Waals surface area (Å²) in [6, 6.07) is 9.89. The zero-order valence-corrected chi connectivity index (χ0v) is 9.81. The van der Waals surface area contributed by atoms with Crippen molar-refractivity contribution in [1.29, 1.82) is 0 Å². The minimum atomic E-state index is 0.598. The van der Waals surface area contributed by atoms with Gasteiger partial charge in [-0.25, -0.2) is 15.0 Å². The molecule has 0 fully saturated rings. The molecule has 0 atom stereocenters. The van der Waals surface area contributed by atoms with Crippen molar-refractivity contribution < 1.29 is 0 Å². The monoisotopic (exact) mass is 242 g/mol. The van der Waals surface area contributed by atoms with Gasteiger partial charge in [0.25, 0.3) is 0 Å². The summed E-state index contributed by atoms with van der Waals surface area (Å²) >= 11 is 1.64. The summed E-state index contributed by atoms with van der Waals surface area (Å²) in [7, 11) is 0. The Hall–Kier alpha value is -2.01. The Morgan fingerprint density at radius 1 is 1.06 bits per heavy atom. The number of fused-ring (bicyclic) bond motifs is 1. The number of hydrogen-bond acceptors (Lipinski definition) is 5. The summed E-state index contributed by atoms with van der Waals surface area (Å²) in [5.74, 6) is 0.770. The first-order valence-corrected chi connectivity index (χ1v) is 6.09. The summed E-state index contributed by atoms with van der Waals surface area (Å²) in [5.41, 5.74) is 1.02. The molecule has 3 rings (SSSR count). The van der Waals surface area contributed by atoms with Crippen molar-refractivity contribution in [2.75, 3.05) is 5.32 Å². The molecule has 2 aromatic heterocycles. The van der Waals surface area contributed by atoms with Crippen LogP contribution in [0.5, 0.6) is 0 Å². The standard InChI is InChI=1S/C12H10N4S/c1-2-5-10-9(4-1)16-12(17-10)15-8-11-13-6-3-7-14-11/h1-7H,8H2,(H,15,16). The molecule has 0 saturated heterocycles. The molecule has 3 aromatic rings. The molecule has 0 spiro atoms. The molecule has 0 bridgehead atoms. The molecular weight excluding hydrogens is 232 g/mol. The van der Waals surface area contributed by atoms with Gasteiger partial charge in [-0.2, -0.15) is 0 Å². The predicted octanol–water partition coefficient (Wildman–Crippen LogP) is 2.70. The smallest absolute Gasteiger partial charge is 0.184 e. The molecule has 0 amide bonds. The van der Waals surface area contributed by atoms with Crippen LogP contribution in [0.15, 0.2) is 42.7 Å². The fourth-order valence-electron chi connectivity index (χ4n) is 1.52. The van der Waals surface area contributed by atoms with E-state index in [1.54, 1.807) is 29.8 Å². The van der Waals surface area contributed by atoms with E-state index in [2.05, 4.69) is 26.3 Å². The highest BCUT2D eigenvalue weighted by molar-refractivity contribution is 7.22. The summed E-state index contributed by atoms with van der Waals surface area (Å²) in [6.07, 6.45) is 3.48. The minimum Gasteiger partial charge on any atom is -0.354 e. The predicted molar refractivity (Wildman–Crippen MR) is 69.0 cm³/mol. The van der Waals surface area contributed by atoms with E-state index >= 15 is 0 Å². The van der Waals surface area contributed by atoms with E-state index in [1.165, 1.54) is 4.70 Å². The fraction of sp³-hybridized carbons (Fsp3) is 0.0833. The molecule has 5 heteroatoms. The fourth-order valence-corrected chi connectivity index (χ4v) is 2.39. The second-order valence-electron chi connectivity index (χ2n) is 3.51. The molecular formula is C12H10N4S. The first kappa shape index (κ1) is 10.2. The molecule has 2 heterocycles. The Balaban J connectivity index is 1.77. The topological polar surface area (TPSA) is 50.7 Å². The maximum atomic E-state index is 4.48. The van der Waals surface area contributed by atoms with Gasteiger partial charge in [-0.05, 0) is 18.2 Å². The molecule has 1 N–H and O–H groups in total. The van der Waals surface area contributed by atoms with Crippen LogP contribution in [-0.2, 0) is 6.54 Å². The van der Waals surface area contributed by atoms with Gasteiger partial charge >= 0.3 is 0 Å². The van der Waals surface area contributed by atoms with E-state index in [4.69, 9.17) is 0 Å². The zero-order valence-electron chi connectivity index (χ0n) is 9.00. The Bertz CT molecular complexity index is 587. The largest absolute Gasteiger partial charge is 0.354 e. The quantitative estimate of drug-likeness (QED) is 0.767.